The van der Waals surface area contributed by atoms with Crippen LogP contribution >= 0.6 is 0 Å². The first-order valence-corrected chi connectivity index (χ1v) is 11.5. The Morgan fingerprint density at radius 2 is 1.63 bits per heavy atom. The fraction of sp³-hybridized carbons (Fsp3) is 0.409. The Kier molecular flexibility index (Phi) is 9.14. The molecule has 0 aliphatic heterocycles. The first-order valence-electron chi connectivity index (χ1n) is 10.00. The van der Waals surface area contributed by atoms with Gasteiger partial charge < -0.3 is 14.8 Å². The van der Waals surface area contributed by atoms with E-state index in [0.717, 1.165) is 31.2 Å². The van der Waals surface area contributed by atoms with Crippen LogP contribution in [0.3, 0.4) is 0 Å². The highest BCUT2D eigenvalue weighted by molar-refractivity contribution is 7.89. The predicted octanol–water partition coefficient (Wildman–Crippen LogP) is 3.74. The van der Waals surface area contributed by atoms with Gasteiger partial charge in [0.25, 0.3) is 0 Å². The standard InChI is InChI=1S/C22H30N2O5S/c1-4-5-6-7-14-23-30(26,27)19-11-9-18(10-12-19)24-22(25)16-17-8-13-20(28-2)21(15-17)29-3/h8-13,15,23H,4-7,14,16H2,1-3H3,(H,24,25). The third-order valence-electron chi connectivity index (χ3n) is 4.58. The second-order valence-corrected chi connectivity index (χ2v) is 8.66. The Hall–Kier alpha value is -2.58. The van der Waals surface area contributed by atoms with Gasteiger partial charge in [0.15, 0.2) is 11.5 Å². The molecule has 0 saturated carbocycles. The Morgan fingerprint density at radius 1 is 0.933 bits per heavy atom. The lowest BCUT2D eigenvalue weighted by Crippen LogP contribution is -2.24. The van der Waals surface area contributed by atoms with Crippen LogP contribution in [0.1, 0.15) is 38.2 Å². The Bertz CT molecular complexity index is 927. The number of ether oxygens (including phenoxy) is 2. The summed E-state index contributed by atoms with van der Waals surface area (Å²) in [5.74, 6) is 0.934. The summed E-state index contributed by atoms with van der Waals surface area (Å²) in [5, 5.41) is 2.78. The molecule has 0 unspecified atom stereocenters. The highest BCUT2D eigenvalue weighted by atomic mass is 32.2. The van der Waals surface area contributed by atoms with E-state index >= 15 is 0 Å². The topological polar surface area (TPSA) is 93.7 Å². The number of nitrogens with one attached hydrogen (secondary N) is 2. The van der Waals surface area contributed by atoms with E-state index in [-0.39, 0.29) is 17.2 Å². The number of carbonyl (C=O) groups is 1. The Morgan fingerprint density at radius 3 is 2.27 bits per heavy atom. The van der Waals surface area contributed by atoms with Crippen LogP contribution in [0.4, 0.5) is 5.69 Å². The van der Waals surface area contributed by atoms with Crippen molar-refractivity contribution in [2.75, 3.05) is 26.1 Å². The number of amides is 1. The number of unbranched alkanes of at least 4 members (excludes halogenated alkanes) is 3. The molecule has 0 fully saturated rings. The number of rotatable bonds is 12. The molecule has 164 valence electrons. The van der Waals surface area contributed by atoms with Gasteiger partial charge in [0, 0.05) is 12.2 Å². The fourth-order valence-corrected chi connectivity index (χ4v) is 4.01. The van der Waals surface area contributed by atoms with Crippen molar-refractivity contribution in [2.45, 2.75) is 43.9 Å². The molecule has 0 atom stereocenters. The minimum absolute atomic E-state index is 0.152. The zero-order valence-corrected chi connectivity index (χ0v) is 18.6. The molecule has 2 N–H and O–H groups in total. The maximum Gasteiger partial charge on any atom is 0.240 e. The molecule has 1 amide bonds. The third kappa shape index (κ3) is 7.03. The monoisotopic (exact) mass is 434 g/mol. The van der Waals surface area contributed by atoms with Crippen LogP contribution in [-0.2, 0) is 21.2 Å². The van der Waals surface area contributed by atoms with E-state index in [4.69, 9.17) is 9.47 Å². The van der Waals surface area contributed by atoms with Gasteiger partial charge in [-0.1, -0.05) is 32.3 Å². The molecule has 2 aromatic rings. The maximum absolute atomic E-state index is 12.3. The largest absolute Gasteiger partial charge is 0.493 e. The van der Waals surface area contributed by atoms with Crippen LogP contribution < -0.4 is 19.5 Å². The van der Waals surface area contributed by atoms with Crippen molar-refractivity contribution >= 4 is 21.6 Å². The Balaban J connectivity index is 1.92. The lowest BCUT2D eigenvalue weighted by Gasteiger charge is -2.10. The first-order chi connectivity index (χ1) is 14.4. The van der Waals surface area contributed by atoms with Crippen LogP contribution in [-0.4, -0.2) is 35.1 Å². The van der Waals surface area contributed by atoms with Crippen LogP contribution in [0, 0.1) is 0 Å². The second-order valence-electron chi connectivity index (χ2n) is 6.90. The summed E-state index contributed by atoms with van der Waals surface area (Å²) in [6.07, 6.45) is 4.17. The number of benzene rings is 2. The van der Waals surface area contributed by atoms with Crippen molar-refractivity contribution < 1.29 is 22.7 Å². The number of methoxy groups -OCH3 is 2. The smallest absolute Gasteiger partial charge is 0.240 e. The van der Waals surface area contributed by atoms with Crippen molar-refractivity contribution in [2.24, 2.45) is 0 Å². The molecule has 0 radical (unpaired) electrons. The average Bonchev–Trinajstić information content (AvgIpc) is 2.73. The van der Waals surface area contributed by atoms with Crippen molar-refractivity contribution in [3.63, 3.8) is 0 Å². The molecule has 7 nitrogen and oxygen atoms in total. The molecule has 0 aliphatic rings. The van der Waals surface area contributed by atoms with Crippen LogP contribution in [0.5, 0.6) is 11.5 Å². The van der Waals surface area contributed by atoms with Gasteiger partial charge in [-0.05, 0) is 48.4 Å². The van der Waals surface area contributed by atoms with E-state index in [0.29, 0.717) is 23.7 Å². The zero-order chi connectivity index (χ0) is 22.0. The molecule has 0 spiro atoms. The summed E-state index contributed by atoms with van der Waals surface area (Å²) in [5.41, 5.74) is 1.30. The van der Waals surface area contributed by atoms with Gasteiger partial charge in [0.2, 0.25) is 15.9 Å². The molecule has 2 aromatic carbocycles. The predicted molar refractivity (Wildman–Crippen MR) is 118 cm³/mol. The maximum atomic E-state index is 12.3. The van der Waals surface area contributed by atoms with Crippen LogP contribution in [0.25, 0.3) is 0 Å². The summed E-state index contributed by atoms with van der Waals surface area (Å²) >= 11 is 0. The minimum Gasteiger partial charge on any atom is -0.493 e. The number of sulfonamides is 1. The molecule has 30 heavy (non-hydrogen) atoms. The number of hydrogen-bond acceptors (Lipinski definition) is 5. The summed E-state index contributed by atoms with van der Waals surface area (Å²) in [7, 11) is -0.453. The van der Waals surface area contributed by atoms with E-state index < -0.39 is 10.0 Å². The highest BCUT2D eigenvalue weighted by Crippen LogP contribution is 2.27. The van der Waals surface area contributed by atoms with Crippen molar-refractivity contribution in [1.29, 1.82) is 0 Å². The van der Waals surface area contributed by atoms with Gasteiger partial charge in [-0.2, -0.15) is 0 Å². The van der Waals surface area contributed by atoms with E-state index in [2.05, 4.69) is 17.0 Å². The third-order valence-corrected chi connectivity index (χ3v) is 6.06. The summed E-state index contributed by atoms with van der Waals surface area (Å²) in [6, 6.07) is 11.4. The van der Waals surface area contributed by atoms with E-state index in [1.54, 1.807) is 37.4 Å². The molecular formula is C22H30N2O5S. The van der Waals surface area contributed by atoms with Crippen LogP contribution in [0.15, 0.2) is 47.4 Å². The molecule has 0 aromatic heterocycles. The van der Waals surface area contributed by atoms with E-state index in [1.165, 1.54) is 19.2 Å². The second kappa shape index (κ2) is 11.6. The summed E-state index contributed by atoms with van der Waals surface area (Å²) in [6.45, 7) is 2.53. The minimum atomic E-state index is -3.54. The van der Waals surface area contributed by atoms with Gasteiger partial charge in [0.05, 0.1) is 25.5 Å². The van der Waals surface area contributed by atoms with E-state index in [1.807, 2.05) is 0 Å². The molecule has 8 heteroatoms. The van der Waals surface area contributed by atoms with Gasteiger partial charge >= 0.3 is 0 Å². The number of anilines is 1. The van der Waals surface area contributed by atoms with Gasteiger partial charge in [-0.15, -0.1) is 0 Å². The van der Waals surface area contributed by atoms with Gasteiger partial charge in [0.1, 0.15) is 0 Å². The fourth-order valence-electron chi connectivity index (χ4n) is 2.94. The first kappa shape index (κ1) is 23.7. The molecule has 0 aliphatic carbocycles. The molecule has 0 saturated heterocycles. The SMILES string of the molecule is CCCCCCNS(=O)(=O)c1ccc(NC(=O)Cc2ccc(OC)c(OC)c2)cc1. The normalized spacial score (nSPS) is 11.2. The average molecular weight is 435 g/mol. The summed E-state index contributed by atoms with van der Waals surface area (Å²) < 4.78 is 37.7. The molecule has 2 rings (SSSR count). The van der Waals surface area contributed by atoms with Crippen LogP contribution in [0.2, 0.25) is 0 Å². The van der Waals surface area contributed by atoms with Crippen molar-refractivity contribution in [1.82, 2.24) is 4.72 Å². The molecule has 0 bridgehead atoms. The van der Waals surface area contributed by atoms with Crippen molar-refractivity contribution in [3.8, 4) is 11.5 Å². The summed E-state index contributed by atoms with van der Waals surface area (Å²) in [4.78, 5) is 12.5. The number of hydrogen-bond donors (Lipinski definition) is 2. The van der Waals surface area contributed by atoms with Gasteiger partial charge in [-0.3, -0.25) is 4.79 Å². The molecular weight excluding hydrogens is 404 g/mol. The highest BCUT2D eigenvalue weighted by Gasteiger charge is 2.14. The zero-order valence-electron chi connectivity index (χ0n) is 17.7. The lowest BCUT2D eigenvalue weighted by molar-refractivity contribution is -0.115. The molecule has 0 heterocycles. The van der Waals surface area contributed by atoms with Crippen molar-refractivity contribution in [3.05, 3.63) is 48.0 Å². The van der Waals surface area contributed by atoms with Gasteiger partial charge in [-0.25, -0.2) is 13.1 Å². The quantitative estimate of drug-likeness (QED) is 0.496. The van der Waals surface area contributed by atoms with E-state index in [9.17, 15) is 13.2 Å². The Labute approximate surface area is 178 Å². The number of carbonyl (C=O) groups excluding carboxylic acids is 1. The lowest BCUT2D eigenvalue weighted by atomic mass is 10.1.